The summed E-state index contributed by atoms with van der Waals surface area (Å²) in [5.41, 5.74) is 1.66. The average Bonchev–Trinajstić information content (AvgIpc) is 2.60. The molecule has 3 nitrogen and oxygen atoms in total. The van der Waals surface area contributed by atoms with Crippen LogP contribution in [-0.2, 0) is 6.54 Å². The molecule has 0 aliphatic heterocycles. The summed E-state index contributed by atoms with van der Waals surface area (Å²) < 4.78 is 5.94. The van der Waals surface area contributed by atoms with E-state index in [4.69, 9.17) is 4.74 Å². The van der Waals surface area contributed by atoms with E-state index < -0.39 is 0 Å². The van der Waals surface area contributed by atoms with Gasteiger partial charge in [-0.3, -0.25) is 4.79 Å². The average molecular weight is 319 g/mol. The lowest BCUT2D eigenvalue weighted by Crippen LogP contribution is -2.23. The molecule has 0 heterocycles. The molecule has 0 aromatic heterocycles. The van der Waals surface area contributed by atoms with Crippen LogP contribution in [0.2, 0.25) is 0 Å². The van der Waals surface area contributed by atoms with E-state index >= 15 is 0 Å². The van der Waals surface area contributed by atoms with Gasteiger partial charge in [-0.1, -0.05) is 48.5 Å². The van der Waals surface area contributed by atoms with Crippen molar-refractivity contribution in [2.75, 3.05) is 0 Å². The van der Waals surface area contributed by atoms with Gasteiger partial charge in [-0.05, 0) is 42.8 Å². The largest absolute Gasteiger partial charge is 0.491 e. The zero-order valence-corrected chi connectivity index (χ0v) is 14.0. The summed E-state index contributed by atoms with van der Waals surface area (Å²) in [6, 6.07) is 21.4. The molecule has 0 saturated heterocycles. The molecule has 3 aromatic carbocycles. The number of fused-ring (bicyclic) bond motifs is 1. The summed E-state index contributed by atoms with van der Waals surface area (Å²) in [6.07, 6.45) is 0.0785. The van der Waals surface area contributed by atoms with Crippen LogP contribution in [0.5, 0.6) is 5.75 Å². The van der Waals surface area contributed by atoms with Crippen LogP contribution in [0.4, 0.5) is 0 Å². The van der Waals surface area contributed by atoms with E-state index in [1.165, 1.54) is 0 Å². The van der Waals surface area contributed by atoms with Crippen molar-refractivity contribution in [3.63, 3.8) is 0 Å². The highest BCUT2D eigenvalue weighted by Crippen LogP contribution is 2.29. The maximum absolute atomic E-state index is 12.3. The fourth-order valence-corrected chi connectivity index (χ4v) is 2.72. The van der Waals surface area contributed by atoms with Gasteiger partial charge in [0.25, 0.3) is 5.91 Å². The molecule has 3 rings (SSSR count). The van der Waals surface area contributed by atoms with Gasteiger partial charge in [0.05, 0.1) is 6.10 Å². The van der Waals surface area contributed by atoms with E-state index in [-0.39, 0.29) is 12.0 Å². The van der Waals surface area contributed by atoms with Crippen LogP contribution in [0.1, 0.15) is 29.8 Å². The van der Waals surface area contributed by atoms with Crippen molar-refractivity contribution in [2.24, 2.45) is 0 Å². The van der Waals surface area contributed by atoms with Crippen LogP contribution < -0.4 is 10.1 Å². The number of hydrogen-bond acceptors (Lipinski definition) is 2. The lowest BCUT2D eigenvalue weighted by Gasteiger charge is -2.17. The molecule has 0 radical (unpaired) electrons. The normalized spacial score (nSPS) is 10.8. The number of ether oxygens (including phenoxy) is 1. The molecular formula is C21H21NO2. The third-order valence-corrected chi connectivity index (χ3v) is 3.82. The smallest absolute Gasteiger partial charge is 0.251 e. The Bertz CT molecular complexity index is 841. The van der Waals surface area contributed by atoms with Crippen molar-refractivity contribution >= 4 is 16.7 Å². The minimum atomic E-state index is -0.0842. The van der Waals surface area contributed by atoms with Crippen LogP contribution in [0.25, 0.3) is 10.8 Å². The molecule has 0 unspecified atom stereocenters. The van der Waals surface area contributed by atoms with Gasteiger partial charge in [0.1, 0.15) is 5.75 Å². The summed E-state index contributed by atoms with van der Waals surface area (Å²) in [5, 5.41) is 5.24. The molecule has 0 aliphatic carbocycles. The quantitative estimate of drug-likeness (QED) is 0.749. The van der Waals surface area contributed by atoms with Gasteiger partial charge < -0.3 is 10.1 Å². The third-order valence-electron chi connectivity index (χ3n) is 3.82. The minimum absolute atomic E-state index is 0.0785. The van der Waals surface area contributed by atoms with Gasteiger partial charge in [0.15, 0.2) is 0 Å². The van der Waals surface area contributed by atoms with Gasteiger partial charge in [-0.15, -0.1) is 0 Å². The molecule has 3 heteroatoms. The van der Waals surface area contributed by atoms with E-state index in [0.29, 0.717) is 12.1 Å². The number of carbonyl (C=O) groups excluding carboxylic acids is 1. The molecule has 24 heavy (non-hydrogen) atoms. The first-order valence-corrected chi connectivity index (χ1v) is 8.15. The van der Waals surface area contributed by atoms with E-state index in [9.17, 15) is 4.79 Å². The fourth-order valence-electron chi connectivity index (χ4n) is 2.72. The fraction of sp³-hybridized carbons (Fsp3) is 0.190. The number of carbonyl (C=O) groups is 1. The first-order chi connectivity index (χ1) is 11.6. The number of amides is 1. The van der Waals surface area contributed by atoms with Crippen molar-refractivity contribution in [2.45, 2.75) is 26.5 Å². The maximum Gasteiger partial charge on any atom is 0.251 e. The molecule has 0 aliphatic rings. The highest BCUT2D eigenvalue weighted by molar-refractivity contribution is 5.94. The van der Waals surface area contributed by atoms with Gasteiger partial charge in [-0.2, -0.15) is 0 Å². The molecular weight excluding hydrogens is 298 g/mol. The summed E-state index contributed by atoms with van der Waals surface area (Å²) >= 11 is 0. The monoisotopic (exact) mass is 319 g/mol. The van der Waals surface area contributed by atoms with Crippen molar-refractivity contribution < 1.29 is 9.53 Å². The lowest BCUT2D eigenvalue weighted by atomic mass is 10.0. The summed E-state index contributed by atoms with van der Waals surface area (Å²) in [5.74, 6) is 0.732. The van der Waals surface area contributed by atoms with Gasteiger partial charge in [0, 0.05) is 17.7 Å². The Morgan fingerprint density at radius 3 is 2.42 bits per heavy atom. The number of rotatable bonds is 5. The zero-order valence-electron chi connectivity index (χ0n) is 14.0. The van der Waals surface area contributed by atoms with Crippen LogP contribution >= 0.6 is 0 Å². The van der Waals surface area contributed by atoms with Crippen molar-refractivity contribution in [3.8, 4) is 5.75 Å². The Kier molecular flexibility index (Phi) is 4.80. The molecule has 1 amide bonds. The van der Waals surface area contributed by atoms with Crippen molar-refractivity contribution in [3.05, 3.63) is 77.9 Å². The predicted octanol–water partition coefficient (Wildman–Crippen LogP) is 4.56. The second-order valence-corrected chi connectivity index (χ2v) is 5.98. The molecule has 1 N–H and O–H groups in total. The Morgan fingerprint density at radius 1 is 0.958 bits per heavy atom. The van der Waals surface area contributed by atoms with Crippen LogP contribution in [0.3, 0.4) is 0 Å². The molecule has 0 spiro atoms. The zero-order chi connectivity index (χ0) is 16.9. The highest BCUT2D eigenvalue weighted by Gasteiger charge is 2.12. The Labute approximate surface area is 142 Å². The number of hydrogen-bond donors (Lipinski definition) is 1. The van der Waals surface area contributed by atoms with E-state index in [2.05, 4.69) is 23.5 Å². The highest BCUT2D eigenvalue weighted by atomic mass is 16.5. The topological polar surface area (TPSA) is 38.3 Å². The van der Waals surface area contributed by atoms with Gasteiger partial charge in [-0.25, -0.2) is 0 Å². The van der Waals surface area contributed by atoms with Crippen LogP contribution in [-0.4, -0.2) is 12.0 Å². The second kappa shape index (κ2) is 7.18. The molecule has 0 fully saturated rings. The summed E-state index contributed by atoms with van der Waals surface area (Å²) in [7, 11) is 0. The molecule has 122 valence electrons. The first-order valence-electron chi connectivity index (χ1n) is 8.15. The maximum atomic E-state index is 12.3. The second-order valence-electron chi connectivity index (χ2n) is 5.98. The summed E-state index contributed by atoms with van der Waals surface area (Å²) in [4.78, 5) is 12.3. The van der Waals surface area contributed by atoms with Crippen LogP contribution in [0.15, 0.2) is 66.7 Å². The SMILES string of the molecule is CC(C)Oc1ccc2ccccc2c1CNC(=O)c1ccccc1. The first kappa shape index (κ1) is 16.1. The number of benzene rings is 3. The van der Waals surface area contributed by atoms with E-state index in [1.807, 2.05) is 62.4 Å². The standard InChI is InChI=1S/C21H21NO2/c1-15(2)24-20-13-12-16-8-6-7-11-18(16)19(20)14-22-21(23)17-9-4-3-5-10-17/h3-13,15H,14H2,1-2H3,(H,22,23). The Balaban J connectivity index is 1.90. The third kappa shape index (κ3) is 3.57. The number of nitrogens with one attached hydrogen (secondary N) is 1. The van der Waals surface area contributed by atoms with Gasteiger partial charge in [0.2, 0.25) is 0 Å². The molecule has 0 saturated carbocycles. The van der Waals surface area contributed by atoms with Gasteiger partial charge >= 0.3 is 0 Å². The van der Waals surface area contributed by atoms with E-state index in [0.717, 1.165) is 22.1 Å². The molecule has 0 atom stereocenters. The Morgan fingerprint density at radius 2 is 1.67 bits per heavy atom. The molecule has 3 aromatic rings. The molecule has 0 bridgehead atoms. The van der Waals surface area contributed by atoms with Crippen molar-refractivity contribution in [1.29, 1.82) is 0 Å². The minimum Gasteiger partial charge on any atom is -0.491 e. The van der Waals surface area contributed by atoms with Crippen LogP contribution in [0, 0.1) is 0 Å². The van der Waals surface area contributed by atoms with Crippen molar-refractivity contribution in [1.82, 2.24) is 5.32 Å². The van der Waals surface area contributed by atoms with E-state index in [1.54, 1.807) is 0 Å². The predicted molar refractivity (Wildman–Crippen MR) is 97.3 cm³/mol. The Hall–Kier alpha value is -2.81. The lowest BCUT2D eigenvalue weighted by molar-refractivity contribution is 0.0950. The summed E-state index contributed by atoms with van der Waals surface area (Å²) in [6.45, 7) is 4.43.